The first-order valence-corrected chi connectivity index (χ1v) is 8.11. The minimum Gasteiger partial charge on any atom is -0.399 e. The van der Waals surface area contributed by atoms with Gasteiger partial charge in [0, 0.05) is 16.8 Å². The van der Waals surface area contributed by atoms with E-state index in [0.717, 1.165) is 37.4 Å². The normalized spacial score (nSPS) is 22.8. The van der Waals surface area contributed by atoms with Gasteiger partial charge in [-0.25, -0.2) is 0 Å². The fraction of sp³-hybridized carbons (Fsp3) is 0.368. The fourth-order valence-electron chi connectivity index (χ4n) is 3.47. The number of hydrogen-bond donors (Lipinski definition) is 2. The van der Waals surface area contributed by atoms with Crippen LogP contribution in [0.25, 0.3) is 0 Å². The molecule has 4 heteroatoms. The number of nitrogens with two attached hydrogens (primary N) is 2. The summed E-state index contributed by atoms with van der Waals surface area (Å²) in [5, 5.41) is 0. The first-order valence-electron chi connectivity index (χ1n) is 8.11. The van der Waals surface area contributed by atoms with Crippen LogP contribution in [0.15, 0.2) is 48.5 Å². The van der Waals surface area contributed by atoms with Crippen LogP contribution in [-0.2, 0) is 14.9 Å². The maximum atomic E-state index is 5.89. The van der Waals surface area contributed by atoms with Crippen LogP contribution in [0.5, 0.6) is 0 Å². The molecule has 2 aromatic rings. The highest BCUT2D eigenvalue weighted by Gasteiger charge is 2.44. The highest BCUT2D eigenvalue weighted by Crippen LogP contribution is 2.45. The highest BCUT2D eigenvalue weighted by atomic mass is 16.6. The summed E-state index contributed by atoms with van der Waals surface area (Å²) < 4.78 is 11.1. The molecule has 2 aliphatic rings. The molecular formula is C19H22N2O2. The van der Waals surface area contributed by atoms with Gasteiger partial charge in [0.25, 0.3) is 0 Å². The SMILES string of the molecule is Nc1ccc(C(CC2CO2)(CC2CO2)c2ccc(N)cc2)cc1. The second kappa shape index (κ2) is 5.55. The average molecular weight is 310 g/mol. The molecule has 2 atom stereocenters. The molecule has 2 unspecified atom stereocenters. The molecule has 120 valence electrons. The molecule has 2 saturated heterocycles. The van der Waals surface area contributed by atoms with Crippen molar-refractivity contribution in [2.75, 3.05) is 24.7 Å². The summed E-state index contributed by atoms with van der Waals surface area (Å²) in [7, 11) is 0. The van der Waals surface area contributed by atoms with Crippen LogP contribution in [-0.4, -0.2) is 25.4 Å². The van der Waals surface area contributed by atoms with Crippen molar-refractivity contribution in [3.63, 3.8) is 0 Å². The van der Waals surface area contributed by atoms with Crippen molar-refractivity contribution in [3.8, 4) is 0 Å². The van der Waals surface area contributed by atoms with E-state index in [-0.39, 0.29) is 5.41 Å². The molecule has 4 N–H and O–H groups in total. The van der Waals surface area contributed by atoms with E-state index in [4.69, 9.17) is 20.9 Å². The quantitative estimate of drug-likeness (QED) is 0.635. The van der Waals surface area contributed by atoms with Crippen molar-refractivity contribution in [2.45, 2.75) is 30.5 Å². The molecule has 2 fully saturated rings. The molecule has 2 aliphatic heterocycles. The van der Waals surface area contributed by atoms with Gasteiger partial charge in [-0.05, 0) is 48.2 Å². The summed E-state index contributed by atoms with van der Waals surface area (Å²) in [4.78, 5) is 0. The lowest BCUT2D eigenvalue weighted by Crippen LogP contribution is -2.31. The third kappa shape index (κ3) is 3.05. The Balaban J connectivity index is 1.81. The Kier molecular flexibility index (Phi) is 3.51. The monoisotopic (exact) mass is 310 g/mol. The van der Waals surface area contributed by atoms with E-state index in [1.54, 1.807) is 0 Å². The Bertz CT molecular complexity index is 612. The standard InChI is InChI=1S/C19H22N2O2/c20-15-5-1-13(2-6-15)19(9-17-11-22-17,10-18-12-23-18)14-3-7-16(21)8-4-14/h1-8,17-18H,9-12,20-21H2. The van der Waals surface area contributed by atoms with Crippen molar-refractivity contribution >= 4 is 11.4 Å². The van der Waals surface area contributed by atoms with E-state index >= 15 is 0 Å². The molecule has 2 aromatic carbocycles. The van der Waals surface area contributed by atoms with Crippen LogP contribution in [0, 0.1) is 0 Å². The van der Waals surface area contributed by atoms with Gasteiger partial charge in [0.05, 0.1) is 25.4 Å². The number of nitrogen functional groups attached to an aromatic ring is 2. The Labute approximate surface area is 136 Å². The van der Waals surface area contributed by atoms with E-state index in [0.29, 0.717) is 12.2 Å². The molecule has 4 rings (SSSR count). The molecular weight excluding hydrogens is 288 g/mol. The number of rotatable bonds is 6. The Morgan fingerprint density at radius 3 is 1.39 bits per heavy atom. The van der Waals surface area contributed by atoms with Crippen LogP contribution in [0.4, 0.5) is 11.4 Å². The molecule has 0 amide bonds. The largest absolute Gasteiger partial charge is 0.399 e. The van der Waals surface area contributed by atoms with Gasteiger partial charge >= 0.3 is 0 Å². The first-order chi connectivity index (χ1) is 11.2. The number of hydrogen-bond acceptors (Lipinski definition) is 4. The van der Waals surface area contributed by atoms with Crippen LogP contribution >= 0.6 is 0 Å². The minimum absolute atomic E-state index is 0.121. The van der Waals surface area contributed by atoms with Gasteiger partial charge in [0.1, 0.15) is 0 Å². The average Bonchev–Trinajstić information content (AvgIpc) is 3.45. The van der Waals surface area contributed by atoms with Gasteiger partial charge in [-0.15, -0.1) is 0 Å². The molecule has 23 heavy (non-hydrogen) atoms. The van der Waals surface area contributed by atoms with Gasteiger partial charge in [-0.3, -0.25) is 0 Å². The van der Waals surface area contributed by atoms with Gasteiger partial charge in [-0.1, -0.05) is 24.3 Å². The molecule has 4 nitrogen and oxygen atoms in total. The summed E-state index contributed by atoms with van der Waals surface area (Å²) in [5.74, 6) is 0. The van der Waals surface area contributed by atoms with Crippen LogP contribution < -0.4 is 11.5 Å². The molecule has 0 aromatic heterocycles. The van der Waals surface area contributed by atoms with Crippen LogP contribution in [0.3, 0.4) is 0 Å². The zero-order chi connectivity index (χ0) is 15.9. The van der Waals surface area contributed by atoms with Crippen LogP contribution in [0.1, 0.15) is 24.0 Å². The van der Waals surface area contributed by atoms with Gasteiger partial charge < -0.3 is 20.9 Å². The van der Waals surface area contributed by atoms with E-state index in [9.17, 15) is 0 Å². The summed E-state index contributed by atoms with van der Waals surface area (Å²) in [6, 6.07) is 16.4. The number of epoxide rings is 2. The Morgan fingerprint density at radius 2 is 1.09 bits per heavy atom. The zero-order valence-corrected chi connectivity index (χ0v) is 13.1. The van der Waals surface area contributed by atoms with Gasteiger partial charge in [-0.2, -0.15) is 0 Å². The lowest BCUT2D eigenvalue weighted by molar-refractivity contribution is 0.300. The highest BCUT2D eigenvalue weighted by molar-refractivity contribution is 5.49. The van der Waals surface area contributed by atoms with Crippen LogP contribution in [0.2, 0.25) is 0 Å². The maximum absolute atomic E-state index is 5.89. The molecule has 0 aliphatic carbocycles. The predicted molar refractivity (Wildman–Crippen MR) is 91.2 cm³/mol. The Hall–Kier alpha value is -2.04. The van der Waals surface area contributed by atoms with E-state index in [1.165, 1.54) is 11.1 Å². The molecule has 0 spiro atoms. The topological polar surface area (TPSA) is 77.1 Å². The lowest BCUT2D eigenvalue weighted by Gasteiger charge is -2.35. The summed E-state index contributed by atoms with van der Waals surface area (Å²) in [6.07, 6.45) is 2.56. The number of ether oxygens (including phenoxy) is 2. The van der Waals surface area contributed by atoms with Crippen molar-refractivity contribution in [1.29, 1.82) is 0 Å². The summed E-state index contributed by atoms with van der Waals surface area (Å²) >= 11 is 0. The van der Waals surface area contributed by atoms with Gasteiger partial charge in [0.2, 0.25) is 0 Å². The smallest absolute Gasteiger partial charge is 0.0821 e. The maximum Gasteiger partial charge on any atom is 0.0821 e. The molecule has 2 heterocycles. The third-order valence-electron chi connectivity index (χ3n) is 4.88. The summed E-state index contributed by atoms with van der Waals surface area (Å²) in [5.41, 5.74) is 15.8. The zero-order valence-electron chi connectivity index (χ0n) is 13.1. The third-order valence-corrected chi connectivity index (χ3v) is 4.88. The summed E-state index contributed by atoms with van der Waals surface area (Å²) in [6.45, 7) is 1.69. The number of benzene rings is 2. The van der Waals surface area contributed by atoms with E-state index < -0.39 is 0 Å². The second-order valence-corrected chi connectivity index (χ2v) is 6.65. The first kappa shape index (κ1) is 14.5. The minimum atomic E-state index is -0.121. The van der Waals surface area contributed by atoms with Crippen molar-refractivity contribution in [1.82, 2.24) is 0 Å². The molecule has 0 bridgehead atoms. The fourth-order valence-corrected chi connectivity index (χ4v) is 3.47. The van der Waals surface area contributed by atoms with E-state index in [2.05, 4.69) is 24.3 Å². The van der Waals surface area contributed by atoms with Crippen molar-refractivity contribution < 1.29 is 9.47 Å². The molecule has 0 saturated carbocycles. The van der Waals surface area contributed by atoms with Crippen molar-refractivity contribution in [3.05, 3.63) is 59.7 Å². The lowest BCUT2D eigenvalue weighted by atomic mass is 9.68. The predicted octanol–water partition coefficient (Wildman–Crippen LogP) is 2.71. The molecule has 0 radical (unpaired) electrons. The van der Waals surface area contributed by atoms with Crippen molar-refractivity contribution in [2.24, 2.45) is 0 Å². The Morgan fingerprint density at radius 1 is 0.739 bits per heavy atom. The number of anilines is 2. The van der Waals surface area contributed by atoms with E-state index in [1.807, 2.05) is 24.3 Å². The van der Waals surface area contributed by atoms with Gasteiger partial charge in [0.15, 0.2) is 0 Å². The second-order valence-electron chi connectivity index (χ2n) is 6.65.